The molecule has 4 heteroatoms. The van der Waals surface area contributed by atoms with Crippen LogP contribution in [0.25, 0.3) is 0 Å². The van der Waals surface area contributed by atoms with Crippen molar-refractivity contribution in [2.24, 2.45) is 0 Å². The third-order valence-electron chi connectivity index (χ3n) is 3.44. The first kappa shape index (κ1) is 17.7. The van der Waals surface area contributed by atoms with Crippen LogP contribution in [0.2, 0.25) is 0 Å². The van der Waals surface area contributed by atoms with E-state index in [9.17, 15) is 9.90 Å². The molecule has 0 saturated carbocycles. The number of benzene rings is 1. The van der Waals surface area contributed by atoms with Gasteiger partial charge in [-0.1, -0.05) is 58.9 Å². The quantitative estimate of drug-likeness (QED) is 0.754. The molecule has 2 atom stereocenters. The van der Waals surface area contributed by atoms with Gasteiger partial charge in [-0.3, -0.25) is 4.79 Å². The SMILES string of the molecule is CC(C)NC(CC(=O)O)C(O)c1ccc(C(C)(C)C)cc1. The summed E-state index contributed by atoms with van der Waals surface area (Å²) in [6.45, 7) is 10.3. The van der Waals surface area contributed by atoms with Crippen LogP contribution in [0.4, 0.5) is 0 Å². The summed E-state index contributed by atoms with van der Waals surface area (Å²) in [6, 6.07) is 7.35. The number of aliphatic carboxylic acids is 1. The molecule has 0 aliphatic heterocycles. The van der Waals surface area contributed by atoms with Crippen LogP contribution >= 0.6 is 0 Å². The molecule has 0 fully saturated rings. The lowest BCUT2D eigenvalue weighted by Crippen LogP contribution is -2.40. The Labute approximate surface area is 127 Å². The first-order valence-electron chi connectivity index (χ1n) is 7.37. The zero-order chi connectivity index (χ0) is 16.2. The minimum atomic E-state index is -0.918. The predicted octanol–water partition coefficient (Wildman–Crippen LogP) is 2.86. The normalized spacial score (nSPS) is 15.0. The Hall–Kier alpha value is -1.39. The minimum absolute atomic E-state index is 0.0557. The first-order valence-corrected chi connectivity index (χ1v) is 7.37. The van der Waals surface area contributed by atoms with E-state index in [0.29, 0.717) is 0 Å². The number of nitrogens with one attached hydrogen (secondary N) is 1. The molecule has 0 spiro atoms. The predicted molar refractivity (Wildman–Crippen MR) is 84.4 cm³/mol. The van der Waals surface area contributed by atoms with Crippen molar-refractivity contribution in [3.8, 4) is 0 Å². The lowest BCUT2D eigenvalue weighted by molar-refractivity contribution is -0.138. The van der Waals surface area contributed by atoms with Gasteiger partial charge in [0.25, 0.3) is 0 Å². The van der Waals surface area contributed by atoms with Crippen molar-refractivity contribution in [1.29, 1.82) is 0 Å². The summed E-state index contributed by atoms with van der Waals surface area (Å²) < 4.78 is 0. The third kappa shape index (κ3) is 5.48. The van der Waals surface area contributed by atoms with Gasteiger partial charge in [0.15, 0.2) is 0 Å². The van der Waals surface area contributed by atoms with E-state index in [2.05, 4.69) is 26.1 Å². The van der Waals surface area contributed by atoms with Gasteiger partial charge in [-0.25, -0.2) is 0 Å². The third-order valence-corrected chi connectivity index (χ3v) is 3.44. The standard InChI is InChI=1S/C17H27NO3/c1-11(2)18-14(10-15(19)20)16(21)12-6-8-13(9-7-12)17(3,4)5/h6-9,11,14,16,18,21H,10H2,1-5H3,(H,19,20). The molecule has 3 N–H and O–H groups in total. The molecule has 1 rings (SSSR count). The molecule has 0 aromatic heterocycles. The number of carboxylic acid groups (broad SMARTS) is 1. The fraction of sp³-hybridized carbons (Fsp3) is 0.588. The molecule has 0 radical (unpaired) electrons. The smallest absolute Gasteiger partial charge is 0.305 e. The van der Waals surface area contributed by atoms with E-state index >= 15 is 0 Å². The van der Waals surface area contributed by atoms with Gasteiger partial charge in [0.05, 0.1) is 12.5 Å². The van der Waals surface area contributed by atoms with E-state index in [-0.39, 0.29) is 17.9 Å². The molecule has 4 nitrogen and oxygen atoms in total. The van der Waals surface area contributed by atoms with Gasteiger partial charge >= 0.3 is 5.97 Å². The molecule has 1 aromatic rings. The highest BCUT2D eigenvalue weighted by atomic mass is 16.4. The Balaban J connectivity index is 2.92. The van der Waals surface area contributed by atoms with E-state index in [1.807, 2.05) is 38.1 Å². The Morgan fingerprint density at radius 1 is 1.19 bits per heavy atom. The maximum absolute atomic E-state index is 11.0. The molecule has 0 aliphatic carbocycles. The number of carbonyl (C=O) groups is 1. The summed E-state index contributed by atoms with van der Waals surface area (Å²) in [6.07, 6.45) is -0.946. The van der Waals surface area contributed by atoms with E-state index in [1.54, 1.807) is 0 Å². The highest BCUT2D eigenvalue weighted by Gasteiger charge is 2.24. The van der Waals surface area contributed by atoms with Crippen LogP contribution in [0.1, 0.15) is 58.3 Å². The van der Waals surface area contributed by atoms with Gasteiger partial charge in [0.2, 0.25) is 0 Å². The highest BCUT2D eigenvalue weighted by molar-refractivity contribution is 5.67. The number of hydrogen-bond donors (Lipinski definition) is 3. The summed E-state index contributed by atoms with van der Waals surface area (Å²) in [4.78, 5) is 11.0. The minimum Gasteiger partial charge on any atom is -0.481 e. The summed E-state index contributed by atoms with van der Waals surface area (Å²) in [7, 11) is 0. The first-order chi connectivity index (χ1) is 9.61. The number of aliphatic hydroxyl groups excluding tert-OH is 1. The van der Waals surface area contributed by atoms with Crippen molar-refractivity contribution in [2.75, 3.05) is 0 Å². The molecule has 0 amide bonds. The number of rotatable bonds is 6. The monoisotopic (exact) mass is 293 g/mol. The van der Waals surface area contributed by atoms with Gasteiger partial charge in [-0.15, -0.1) is 0 Å². The van der Waals surface area contributed by atoms with Gasteiger partial charge in [-0.2, -0.15) is 0 Å². The topological polar surface area (TPSA) is 69.6 Å². The summed E-state index contributed by atoms with van der Waals surface area (Å²) >= 11 is 0. The van der Waals surface area contributed by atoms with Crippen molar-refractivity contribution < 1.29 is 15.0 Å². The second-order valence-electron chi connectivity index (χ2n) is 6.84. The van der Waals surface area contributed by atoms with Crippen molar-refractivity contribution >= 4 is 5.97 Å². The lowest BCUT2D eigenvalue weighted by Gasteiger charge is -2.26. The molecule has 2 unspecified atom stereocenters. The summed E-state index contributed by atoms with van der Waals surface area (Å²) in [5.41, 5.74) is 1.98. The van der Waals surface area contributed by atoms with Gasteiger partial charge in [-0.05, 0) is 16.5 Å². The largest absolute Gasteiger partial charge is 0.481 e. The van der Waals surface area contributed by atoms with Crippen LogP contribution in [0.15, 0.2) is 24.3 Å². The molecule has 118 valence electrons. The molecular formula is C17H27NO3. The summed E-state index contributed by atoms with van der Waals surface area (Å²) in [5.74, 6) is -0.918. The van der Waals surface area contributed by atoms with Crippen LogP contribution < -0.4 is 5.32 Å². The molecule has 0 heterocycles. The maximum Gasteiger partial charge on any atom is 0.305 e. The Bertz CT molecular complexity index is 460. The van der Waals surface area contributed by atoms with Crippen LogP contribution in [0.5, 0.6) is 0 Å². The molecule has 0 bridgehead atoms. The van der Waals surface area contributed by atoms with Crippen molar-refractivity contribution in [3.63, 3.8) is 0 Å². The van der Waals surface area contributed by atoms with E-state index in [4.69, 9.17) is 5.11 Å². The molecular weight excluding hydrogens is 266 g/mol. The Kier molecular flexibility index (Phi) is 5.93. The number of hydrogen-bond acceptors (Lipinski definition) is 3. The van der Waals surface area contributed by atoms with Gasteiger partial charge in [0.1, 0.15) is 0 Å². The molecule has 1 aromatic carbocycles. The van der Waals surface area contributed by atoms with Gasteiger partial charge < -0.3 is 15.5 Å². The second kappa shape index (κ2) is 7.05. The number of carboxylic acids is 1. The van der Waals surface area contributed by atoms with E-state index in [0.717, 1.165) is 5.56 Å². The fourth-order valence-corrected chi connectivity index (χ4v) is 2.29. The maximum atomic E-state index is 11.0. The fourth-order valence-electron chi connectivity index (χ4n) is 2.29. The Morgan fingerprint density at radius 3 is 2.10 bits per heavy atom. The lowest BCUT2D eigenvalue weighted by atomic mass is 9.86. The van der Waals surface area contributed by atoms with Crippen molar-refractivity contribution in [1.82, 2.24) is 5.32 Å². The Morgan fingerprint density at radius 2 is 1.71 bits per heavy atom. The van der Waals surface area contributed by atoms with E-state index in [1.165, 1.54) is 5.56 Å². The second-order valence-corrected chi connectivity index (χ2v) is 6.84. The van der Waals surface area contributed by atoms with Gasteiger partial charge in [0, 0.05) is 12.1 Å². The van der Waals surface area contributed by atoms with Crippen LogP contribution in [0, 0.1) is 0 Å². The average Bonchev–Trinajstić information content (AvgIpc) is 2.35. The summed E-state index contributed by atoms with van der Waals surface area (Å²) in [5, 5.41) is 22.6. The van der Waals surface area contributed by atoms with E-state index < -0.39 is 18.1 Å². The molecule has 0 aliphatic rings. The zero-order valence-electron chi connectivity index (χ0n) is 13.6. The number of aliphatic hydroxyl groups is 1. The van der Waals surface area contributed by atoms with Crippen LogP contribution in [-0.2, 0) is 10.2 Å². The van der Waals surface area contributed by atoms with Crippen molar-refractivity contribution in [3.05, 3.63) is 35.4 Å². The average molecular weight is 293 g/mol. The molecule has 21 heavy (non-hydrogen) atoms. The van der Waals surface area contributed by atoms with Crippen LogP contribution in [-0.4, -0.2) is 28.3 Å². The highest BCUT2D eigenvalue weighted by Crippen LogP contribution is 2.25. The van der Waals surface area contributed by atoms with Crippen molar-refractivity contribution in [2.45, 2.75) is 64.6 Å². The van der Waals surface area contributed by atoms with Crippen LogP contribution in [0.3, 0.4) is 0 Å². The molecule has 0 saturated heterocycles. The zero-order valence-corrected chi connectivity index (χ0v) is 13.6.